The van der Waals surface area contributed by atoms with Crippen molar-refractivity contribution in [1.29, 1.82) is 0 Å². The van der Waals surface area contributed by atoms with Crippen molar-refractivity contribution in [2.24, 2.45) is 5.73 Å². The number of carbonyl (C=O) groups excluding carboxylic acids is 3. The lowest BCUT2D eigenvalue weighted by Gasteiger charge is -2.27. The van der Waals surface area contributed by atoms with E-state index in [0.29, 0.717) is 16.5 Å². The van der Waals surface area contributed by atoms with E-state index in [4.69, 9.17) is 15.0 Å². The molecule has 0 spiro atoms. The van der Waals surface area contributed by atoms with E-state index in [0.717, 1.165) is 16.7 Å². The van der Waals surface area contributed by atoms with Gasteiger partial charge in [0.25, 0.3) is 11.8 Å². The van der Waals surface area contributed by atoms with E-state index in [-0.39, 0.29) is 31.9 Å². The van der Waals surface area contributed by atoms with Gasteiger partial charge < -0.3 is 35.3 Å². The normalized spacial score (nSPS) is 14.6. The summed E-state index contributed by atoms with van der Waals surface area (Å²) in [6, 6.07) is 17.7. The number of nitrogens with two attached hydrogens (primary N) is 1. The van der Waals surface area contributed by atoms with Crippen molar-refractivity contribution in [3.05, 3.63) is 94.5 Å². The summed E-state index contributed by atoms with van der Waals surface area (Å²) in [6.45, 7) is 0.449. The molecular weight excluding hydrogens is 488 g/mol. The molecule has 0 aliphatic carbocycles. The van der Waals surface area contributed by atoms with Crippen LogP contribution in [0, 0.1) is 0 Å². The molecule has 0 saturated heterocycles. The van der Waals surface area contributed by atoms with Crippen LogP contribution in [0.25, 0.3) is 0 Å². The van der Waals surface area contributed by atoms with Crippen LogP contribution in [-0.2, 0) is 33.9 Å². The summed E-state index contributed by atoms with van der Waals surface area (Å²) in [7, 11) is -2.24. The van der Waals surface area contributed by atoms with Crippen molar-refractivity contribution < 1.29 is 33.7 Å². The number of carbonyl (C=O) groups is 3. The Balaban J connectivity index is 1.39. The fraction of sp³-hybridized carbons (Fsp3) is 0.192. The summed E-state index contributed by atoms with van der Waals surface area (Å²) in [4.78, 5) is 40.5. The van der Waals surface area contributed by atoms with Gasteiger partial charge in [-0.3, -0.25) is 14.4 Å². The number of nitrogens with zero attached hydrogens (tertiary/aromatic N) is 1. The lowest BCUT2D eigenvalue weighted by molar-refractivity contribution is -0.120. The van der Waals surface area contributed by atoms with Crippen molar-refractivity contribution in [3.8, 4) is 0 Å². The smallest absolute Gasteiger partial charge is 0.423 e. The summed E-state index contributed by atoms with van der Waals surface area (Å²) in [5.41, 5.74) is 9.52. The van der Waals surface area contributed by atoms with Crippen molar-refractivity contribution in [2.75, 3.05) is 6.54 Å². The number of hydrogen-bond acceptors (Lipinski definition) is 7. The minimum atomic E-state index is -1.20. The van der Waals surface area contributed by atoms with E-state index in [9.17, 15) is 24.4 Å². The Morgan fingerprint density at radius 1 is 0.895 bits per heavy atom. The zero-order valence-electron chi connectivity index (χ0n) is 20.4. The second-order valence-electron chi connectivity index (χ2n) is 9.25. The molecule has 3 aromatic carbocycles. The Morgan fingerprint density at radius 2 is 1.47 bits per heavy atom. The van der Waals surface area contributed by atoms with Crippen LogP contribution in [0.4, 0.5) is 0 Å². The van der Waals surface area contributed by atoms with Crippen molar-refractivity contribution in [1.82, 2.24) is 10.2 Å². The first-order valence-electron chi connectivity index (χ1n) is 12.1. The molecule has 3 amide bonds. The van der Waals surface area contributed by atoms with Gasteiger partial charge in [-0.1, -0.05) is 42.5 Å². The summed E-state index contributed by atoms with van der Waals surface area (Å²) in [5.74, 6) is -1.80. The van der Waals surface area contributed by atoms with Crippen LogP contribution in [0.5, 0.6) is 0 Å². The molecule has 38 heavy (non-hydrogen) atoms. The molecule has 2 aliphatic heterocycles. The second-order valence-corrected chi connectivity index (χ2v) is 9.25. The Bertz CT molecular complexity index is 1390. The first-order chi connectivity index (χ1) is 18.3. The molecule has 5 rings (SSSR count). The molecule has 0 saturated carbocycles. The van der Waals surface area contributed by atoms with Crippen LogP contribution in [0.3, 0.4) is 0 Å². The Labute approximate surface area is 219 Å². The predicted molar refractivity (Wildman–Crippen MR) is 139 cm³/mol. The highest BCUT2D eigenvalue weighted by Crippen LogP contribution is 2.16. The highest BCUT2D eigenvalue weighted by atomic mass is 16.5. The molecule has 5 N–H and O–H groups in total. The topological polar surface area (TPSA) is 151 Å². The van der Waals surface area contributed by atoms with Gasteiger partial charge in [0, 0.05) is 17.7 Å². The minimum Gasteiger partial charge on any atom is -0.423 e. The van der Waals surface area contributed by atoms with Crippen LogP contribution in [0.15, 0.2) is 66.7 Å². The Kier molecular flexibility index (Phi) is 7.30. The summed E-state index contributed by atoms with van der Waals surface area (Å²) < 4.78 is 10.4. The maximum atomic E-state index is 13.6. The van der Waals surface area contributed by atoms with Gasteiger partial charge in [0.1, 0.15) is 6.04 Å². The van der Waals surface area contributed by atoms with E-state index >= 15 is 0 Å². The fourth-order valence-corrected chi connectivity index (χ4v) is 4.58. The quantitative estimate of drug-likeness (QED) is 0.284. The molecule has 0 aromatic heterocycles. The van der Waals surface area contributed by atoms with Gasteiger partial charge in [0.2, 0.25) is 5.91 Å². The largest absolute Gasteiger partial charge is 0.491 e. The van der Waals surface area contributed by atoms with E-state index in [1.165, 1.54) is 11.0 Å². The maximum Gasteiger partial charge on any atom is 0.491 e. The highest BCUT2D eigenvalue weighted by Gasteiger charge is 2.31. The second kappa shape index (κ2) is 10.8. The number of amides is 3. The zero-order chi connectivity index (χ0) is 26.8. The number of benzene rings is 3. The predicted octanol–water partition coefficient (Wildman–Crippen LogP) is -0.952. The lowest BCUT2D eigenvalue weighted by atomic mass is 9.78. The minimum absolute atomic E-state index is 0.151. The molecule has 0 unspecified atom stereocenters. The Hall–Kier alpha value is -3.96. The first kappa shape index (κ1) is 25.7. The number of nitrogens with one attached hydrogen (secondary N) is 1. The lowest BCUT2D eigenvalue weighted by Crippen LogP contribution is -2.52. The van der Waals surface area contributed by atoms with E-state index in [1.54, 1.807) is 30.3 Å². The van der Waals surface area contributed by atoms with Crippen LogP contribution < -0.4 is 22.0 Å². The molecule has 2 heterocycles. The molecule has 10 nitrogen and oxygen atoms in total. The van der Waals surface area contributed by atoms with Crippen molar-refractivity contribution in [2.45, 2.75) is 25.8 Å². The highest BCUT2D eigenvalue weighted by molar-refractivity contribution is 6.62. The SMILES string of the molecule is NC(=O)[C@H](CN(Cc1ccccc1)C(=O)c1ccc2c(c1)B(O)OC2)NC(=O)c1ccc2c(c1)B(O)OC2. The van der Waals surface area contributed by atoms with Gasteiger partial charge in [0.05, 0.1) is 19.8 Å². The standard InChI is InChI=1S/C26H25B2N3O7/c29-24(32)23(30-25(33)17-6-8-19-14-37-27(35)21(19)10-17)13-31(12-16-4-2-1-3-5-16)26(34)18-7-9-20-15-38-28(36)22(20)11-18/h1-11,23,35-36H,12-15H2,(H2,29,32)(H,30,33)/t23-/m0/s1. The Morgan fingerprint density at radius 3 is 2.08 bits per heavy atom. The monoisotopic (exact) mass is 513 g/mol. The third-order valence-electron chi connectivity index (χ3n) is 6.68. The summed E-state index contributed by atoms with van der Waals surface area (Å²) >= 11 is 0. The van der Waals surface area contributed by atoms with Crippen LogP contribution >= 0.6 is 0 Å². The number of hydrogen-bond donors (Lipinski definition) is 4. The number of fused-ring (bicyclic) bond motifs is 2. The fourth-order valence-electron chi connectivity index (χ4n) is 4.58. The maximum absolute atomic E-state index is 13.6. The molecule has 0 radical (unpaired) electrons. The third-order valence-corrected chi connectivity index (χ3v) is 6.68. The van der Waals surface area contributed by atoms with E-state index in [2.05, 4.69) is 5.32 Å². The molecule has 12 heteroatoms. The van der Waals surface area contributed by atoms with Gasteiger partial charge in [-0.2, -0.15) is 0 Å². The molecule has 192 valence electrons. The van der Waals surface area contributed by atoms with Crippen molar-refractivity contribution >= 4 is 42.9 Å². The van der Waals surface area contributed by atoms with Crippen molar-refractivity contribution in [3.63, 3.8) is 0 Å². The van der Waals surface area contributed by atoms with Gasteiger partial charge >= 0.3 is 14.2 Å². The summed E-state index contributed by atoms with van der Waals surface area (Å²) in [6.07, 6.45) is 0. The molecule has 0 bridgehead atoms. The van der Waals surface area contributed by atoms with Gasteiger partial charge in [0.15, 0.2) is 0 Å². The van der Waals surface area contributed by atoms with E-state index in [1.807, 2.05) is 30.3 Å². The van der Waals surface area contributed by atoms with Crippen LogP contribution in [0.1, 0.15) is 37.4 Å². The average Bonchev–Trinajstić information content (AvgIpc) is 3.49. The zero-order valence-corrected chi connectivity index (χ0v) is 20.4. The van der Waals surface area contributed by atoms with Crippen LogP contribution in [-0.4, -0.2) is 59.5 Å². The number of rotatable bonds is 8. The number of primary amides is 1. The average molecular weight is 513 g/mol. The summed E-state index contributed by atoms with van der Waals surface area (Å²) in [5, 5.41) is 22.7. The van der Waals surface area contributed by atoms with Gasteiger partial charge in [-0.05, 0) is 51.9 Å². The third kappa shape index (κ3) is 5.34. The molecule has 2 aliphatic rings. The van der Waals surface area contributed by atoms with E-state index < -0.39 is 38.0 Å². The van der Waals surface area contributed by atoms with Gasteiger partial charge in [-0.15, -0.1) is 0 Å². The van der Waals surface area contributed by atoms with Crippen LogP contribution in [0.2, 0.25) is 0 Å². The molecule has 3 aromatic rings. The molecule has 1 atom stereocenters. The van der Waals surface area contributed by atoms with Gasteiger partial charge in [-0.25, -0.2) is 0 Å². The molecular formula is C26H25B2N3O7. The first-order valence-corrected chi connectivity index (χ1v) is 12.1. The molecule has 0 fully saturated rings.